The lowest BCUT2D eigenvalue weighted by Gasteiger charge is -2.07. The van der Waals surface area contributed by atoms with Gasteiger partial charge in [0.15, 0.2) is 0 Å². The monoisotopic (exact) mass is 173 g/mol. The Bertz CT molecular complexity index is 376. The minimum Gasteiger partial charge on any atom is -0.496 e. The lowest BCUT2D eigenvalue weighted by Crippen LogP contribution is -1.93. The van der Waals surface area contributed by atoms with Crippen LogP contribution < -0.4 is 4.74 Å². The zero-order chi connectivity index (χ0) is 9.26. The second-order valence-corrected chi connectivity index (χ2v) is 3.24. The SMILES string of the molecule is COc1ccc(C#N)c2c1CCC2. The largest absolute Gasteiger partial charge is 0.496 e. The van der Waals surface area contributed by atoms with Gasteiger partial charge in [-0.05, 0) is 42.5 Å². The van der Waals surface area contributed by atoms with E-state index in [1.54, 1.807) is 7.11 Å². The van der Waals surface area contributed by atoms with Crippen molar-refractivity contribution in [2.24, 2.45) is 0 Å². The first-order valence-corrected chi connectivity index (χ1v) is 4.45. The van der Waals surface area contributed by atoms with Gasteiger partial charge in [0.1, 0.15) is 5.75 Å². The van der Waals surface area contributed by atoms with Crippen LogP contribution in [0.1, 0.15) is 23.1 Å². The van der Waals surface area contributed by atoms with Crippen LogP contribution in [-0.2, 0) is 12.8 Å². The number of methoxy groups -OCH3 is 1. The van der Waals surface area contributed by atoms with Gasteiger partial charge in [-0.3, -0.25) is 0 Å². The molecule has 1 aromatic rings. The van der Waals surface area contributed by atoms with Crippen molar-refractivity contribution >= 4 is 0 Å². The minimum atomic E-state index is 0.813. The molecular formula is C11H11NO. The summed E-state index contributed by atoms with van der Waals surface area (Å²) in [5, 5.41) is 8.87. The second kappa shape index (κ2) is 3.10. The topological polar surface area (TPSA) is 33.0 Å². The first-order chi connectivity index (χ1) is 6.36. The van der Waals surface area contributed by atoms with Crippen LogP contribution in [0, 0.1) is 11.3 Å². The van der Waals surface area contributed by atoms with Crippen LogP contribution in [0.5, 0.6) is 5.75 Å². The van der Waals surface area contributed by atoms with Gasteiger partial charge in [-0.1, -0.05) is 0 Å². The highest BCUT2D eigenvalue weighted by Gasteiger charge is 2.18. The molecule has 13 heavy (non-hydrogen) atoms. The summed E-state index contributed by atoms with van der Waals surface area (Å²) in [6, 6.07) is 5.96. The van der Waals surface area contributed by atoms with Gasteiger partial charge in [-0.2, -0.15) is 5.26 Å². The Morgan fingerprint density at radius 3 is 2.77 bits per heavy atom. The van der Waals surface area contributed by atoms with Gasteiger partial charge in [0.05, 0.1) is 18.7 Å². The fraction of sp³-hybridized carbons (Fsp3) is 0.364. The number of ether oxygens (including phenoxy) is 1. The molecule has 0 saturated heterocycles. The highest BCUT2D eigenvalue weighted by Crippen LogP contribution is 2.32. The van der Waals surface area contributed by atoms with Crippen LogP contribution in [0.2, 0.25) is 0 Å². The van der Waals surface area contributed by atoms with Crippen molar-refractivity contribution in [2.75, 3.05) is 7.11 Å². The molecule has 1 aliphatic carbocycles. The summed E-state index contributed by atoms with van der Waals surface area (Å²) in [4.78, 5) is 0. The number of hydrogen-bond donors (Lipinski definition) is 0. The van der Waals surface area contributed by atoms with Gasteiger partial charge in [0.2, 0.25) is 0 Å². The van der Waals surface area contributed by atoms with E-state index in [0.717, 1.165) is 30.6 Å². The second-order valence-electron chi connectivity index (χ2n) is 3.24. The van der Waals surface area contributed by atoms with Crippen molar-refractivity contribution in [3.05, 3.63) is 28.8 Å². The van der Waals surface area contributed by atoms with Crippen LogP contribution in [0.4, 0.5) is 0 Å². The molecule has 0 unspecified atom stereocenters. The maximum atomic E-state index is 8.87. The maximum absolute atomic E-state index is 8.87. The van der Waals surface area contributed by atoms with E-state index < -0.39 is 0 Å². The van der Waals surface area contributed by atoms with Crippen molar-refractivity contribution in [3.63, 3.8) is 0 Å². The number of benzene rings is 1. The van der Waals surface area contributed by atoms with Crippen molar-refractivity contribution in [1.82, 2.24) is 0 Å². The third-order valence-corrected chi connectivity index (χ3v) is 2.58. The Kier molecular flexibility index (Phi) is 1.94. The quantitative estimate of drug-likeness (QED) is 0.651. The molecule has 2 nitrogen and oxygen atoms in total. The smallest absolute Gasteiger partial charge is 0.122 e. The van der Waals surface area contributed by atoms with Crippen LogP contribution in [0.3, 0.4) is 0 Å². The standard InChI is InChI=1S/C11H11NO/c1-13-11-6-5-8(7-12)9-3-2-4-10(9)11/h5-6H,2-4H2,1H3. The molecule has 0 atom stereocenters. The van der Waals surface area contributed by atoms with E-state index in [-0.39, 0.29) is 0 Å². The molecule has 1 aromatic carbocycles. The summed E-state index contributed by atoms with van der Waals surface area (Å²) in [5.74, 6) is 0.937. The van der Waals surface area contributed by atoms with Crippen molar-refractivity contribution in [1.29, 1.82) is 5.26 Å². The summed E-state index contributed by atoms with van der Waals surface area (Å²) in [5.41, 5.74) is 3.25. The highest BCUT2D eigenvalue weighted by molar-refractivity contribution is 5.52. The Morgan fingerprint density at radius 1 is 1.31 bits per heavy atom. The minimum absolute atomic E-state index is 0.813. The van der Waals surface area contributed by atoms with E-state index in [1.165, 1.54) is 11.1 Å². The fourth-order valence-electron chi connectivity index (χ4n) is 1.97. The van der Waals surface area contributed by atoms with Crippen LogP contribution >= 0.6 is 0 Å². The predicted molar refractivity (Wildman–Crippen MR) is 49.7 cm³/mol. The molecule has 0 fully saturated rings. The number of rotatable bonds is 1. The zero-order valence-corrected chi connectivity index (χ0v) is 7.63. The molecule has 0 aliphatic heterocycles. The number of nitriles is 1. The first kappa shape index (κ1) is 8.12. The van der Waals surface area contributed by atoms with E-state index in [0.29, 0.717) is 0 Å². The summed E-state index contributed by atoms with van der Waals surface area (Å²) in [7, 11) is 1.68. The fourth-order valence-corrected chi connectivity index (χ4v) is 1.97. The molecule has 0 heterocycles. The molecule has 1 aliphatic rings. The third-order valence-electron chi connectivity index (χ3n) is 2.58. The van der Waals surface area contributed by atoms with Gasteiger partial charge >= 0.3 is 0 Å². The van der Waals surface area contributed by atoms with Gasteiger partial charge in [-0.15, -0.1) is 0 Å². The van der Waals surface area contributed by atoms with Crippen molar-refractivity contribution in [2.45, 2.75) is 19.3 Å². The highest BCUT2D eigenvalue weighted by atomic mass is 16.5. The number of fused-ring (bicyclic) bond motifs is 1. The van der Waals surface area contributed by atoms with E-state index >= 15 is 0 Å². The lowest BCUT2D eigenvalue weighted by atomic mass is 10.0. The maximum Gasteiger partial charge on any atom is 0.122 e. The van der Waals surface area contributed by atoms with E-state index in [9.17, 15) is 0 Å². The zero-order valence-electron chi connectivity index (χ0n) is 7.63. The molecular weight excluding hydrogens is 162 g/mol. The van der Waals surface area contributed by atoms with E-state index in [1.807, 2.05) is 12.1 Å². The van der Waals surface area contributed by atoms with Gasteiger partial charge in [0.25, 0.3) is 0 Å². The average Bonchev–Trinajstić information content (AvgIpc) is 2.64. The lowest BCUT2D eigenvalue weighted by molar-refractivity contribution is 0.410. The molecule has 0 amide bonds. The predicted octanol–water partition coefficient (Wildman–Crippen LogP) is 2.06. The average molecular weight is 173 g/mol. The number of nitrogens with zero attached hydrogens (tertiary/aromatic N) is 1. The Labute approximate surface area is 77.8 Å². The summed E-state index contributed by atoms with van der Waals surface area (Å²) in [6.45, 7) is 0. The molecule has 2 heteroatoms. The Balaban J connectivity index is 2.60. The molecule has 0 spiro atoms. The third kappa shape index (κ3) is 1.17. The Hall–Kier alpha value is -1.49. The molecule has 66 valence electrons. The first-order valence-electron chi connectivity index (χ1n) is 4.45. The Morgan fingerprint density at radius 2 is 2.08 bits per heavy atom. The molecule has 0 N–H and O–H groups in total. The van der Waals surface area contributed by atoms with E-state index in [4.69, 9.17) is 10.00 Å². The summed E-state index contributed by atoms with van der Waals surface area (Å²) in [6.07, 6.45) is 3.22. The van der Waals surface area contributed by atoms with Crippen molar-refractivity contribution in [3.8, 4) is 11.8 Å². The van der Waals surface area contributed by atoms with Gasteiger partial charge in [-0.25, -0.2) is 0 Å². The molecule has 2 rings (SSSR count). The molecule has 0 bridgehead atoms. The number of hydrogen-bond acceptors (Lipinski definition) is 2. The molecule has 0 saturated carbocycles. The summed E-state index contributed by atoms with van der Waals surface area (Å²) < 4.78 is 5.25. The van der Waals surface area contributed by atoms with E-state index in [2.05, 4.69) is 6.07 Å². The van der Waals surface area contributed by atoms with Crippen LogP contribution in [0.25, 0.3) is 0 Å². The van der Waals surface area contributed by atoms with Gasteiger partial charge < -0.3 is 4.74 Å². The molecule has 0 aromatic heterocycles. The summed E-state index contributed by atoms with van der Waals surface area (Å²) >= 11 is 0. The van der Waals surface area contributed by atoms with Gasteiger partial charge in [0, 0.05) is 0 Å². The van der Waals surface area contributed by atoms with Crippen molar-refractivity contribution < 1.29 is 4.74 Å². The van der Waals surface area contributed by atoms with Crippen LogP contribution in [0.15, 0.2) is 12.1 Å². The van der Waals surface area contributed by atoms with Crippen LogP contribution in [-0.4, -0.2) is 7.11 Å². The normalized spacial score (nSPS) is 13.5. The molecule has 0 radical (unpaired) electrons.